The minimum atomic E-state index is -0.461. The van der Waals surface area contributed by atoms with Crippen molar-refractivity contribution in [3.63, 3.8) is 0 Å². The SMILES string of the molecule is C[C@@H](Oc1ccc2[nH]nc(-c3cnc(N4CC(N)(Cc5ccnn5C)C4)c(F)c3)c2c1)c1c(Cl)cncc1Cl. The van der Waals surface area contributed by atoms with Crippen molar-refractivity contribution >= 4 is 39.9 Å². The van der Waals surface area contributed by atoms with Gasteiger partial charge in [-0.25, -0.2) is 9.37 Å². The average Bonchev–Trinajstić information content (AvgIpc) is 3.48. The molecular formula is C27H25Cl2FN8O. The molecule has 4 aromatic heterocycles. The zero-order valence-corrected chi connectivity index (χ0v) is 22.7. The van der Waals surface area contributed by atoms with Gasteiger partial charge in [0.1, 0.15) is 17.5 Å². The lowest BCUT2D eigenvalue weighted by atomic mass is 9.86. The van der Waals surface area contributed by atoms with Crippen molar-refractivity contribution in [3.8, 4) is 17.0 Å². The number of aromatic nitrogens is 6. The van der Waals surface area contributed by atoms with Gasteiger partial charge in [-0.3, -0.25) is 14.8 Å². The quantitative estimate of drug-likeness (QED) is 0.282. The number of fused-ring (bicyclic) bond motifs is 1. The Balaban J connectivity index is 1.21. The number of nitrogens with one attached hydrogen (secondary N) is 1. The van der Waals surface area contributed by atoms with E-state index in [1.165, 1.54) is 18.5 Å². The molecule has 12 heteroatoms. The molecule has 1 aliphatic rings. The molecule has 6 rings (SSSR count). The van der Waals surface area contributed by atoms with Crippen LogP contribution in [0.15, 0.2) is 55.1 Å². The summed E-state index contributed by atoms with van der Waals surface area (Å²) in [7, 11) is 1.88. The Kier molecular flexibility index (Phi) is 6.41. The summed E-state index contributed by atoms with van der Waals surface area (Å²) in [5.41, 5.74) is 9.65. The minimum absolute atomic E-state index is 0.272. The summed E-state index contributed by atoms with van der Waals surface area (Å²) < 4.78 is 23.2. The lowest BCUT2D eigenvalue weighted by molar-refractivity contribution is 0.227. The van der Waals surface area contributed by atoms with Crippen molar-refractivity contribution in [3.05, 3.63) is 82.2 Å². The van der Waals surface area contributed by atoms with E-state index < -0.39 is 17.5 Å². The number of hydrogen-bond acceptors (Lipinski definition) is 7. The lowest BCUT2D eigenvalue weighted by Gasteiger charge is -2.48. The maximum Gasteiger partial charge on any atom is 0.166 e. The molecule has 3 N–H and O–H groups in total. The summed E-state index contributed by atoms with van der Waals surface area (Å²) in [5, 5.41) is 13.2. The molecule has 1 atom stereocenters. The zero-order chi connectivity index (χ0) is 27.3. The van der Waals surface area contributed by atoms with Crippen molar-refractivity contribution in [2.45, 2.75) is 25.0 Å². The molecule has 5 aromatic rings. The number of aryl methyl sites for hydroxylation is 1. The predicted molar refractivity (Wildman–Crippen MR) is 149 cm³/mol. The second-order valence-electron chi connectivity index (χ2n) is 9.93. The Morgan fingerprint density at radius 3 is 2.62 bits per heavy atom. The van der Waals surface area contributed by atoms with Crippen molar-refractivity contribution in [2.75, 3.05) is 18.0 Å². The van der Waals surface area contributed by atoms with Crippen LogP contribution in [0.1, 0.15) is 24.3 Å². The normalized spacial score (nSPS) is 15.4. The van der Waals surface area contributed by atoms with Gasteiger partial charge in [-0.05, 0) is 37.3 Å². The molecule has 0 saturated carbocycles. The molecule has 0 spiro atoms. The molecule has 9 nitrogen and oxygen atoms in total. The number of H-pyrrole nitrogens is 1. The second-order valence-corrected chi connectivity index (χ2v) is 10.7. The maximum absolute atomic E-state index is 15.3. The standard InChI is InChI=1S/C27H25Cl2FN8O/c1-15(24-20(28)11-32-12-21(24)29)39-18-3-4-23-19(8-18)25(36-35-23)16-7-22(30)26(33-10-16)38-13-27(31,14-38)9-17-5-6-34-37(17)2/h3-8,10-12,15H,9,13-14,31H2,1-2H3,(H,35,36)/t15-/m1/s1. The number of nitrogens with two attached hydrogens (primary N) is 1. The topological polar surface area (TPSA) is 111 Å². The fourth-order valence-electron chi connectivity index (χ4n) is 5.06. The first-order valence-electron chi connectivity index (χ1n) is 12.3. The Bertz CT molecular complexity index is 1660. The molecular weight excluding hydrogens is 542 g/mol. The number of anilines is 1. The monoisotopic (exact) mass is 566 g/mol. The van der Waals surface area contributed by atoms with E-state index >= 15 is 4.39 Å². The zero-order valence-electron chi connectivity index (χ0n) is 21.2. The van der Waals surface area contributed by atoms with Crippen LogP contribution in [0.3, 0.4) is 0 Å². The van der Waals surface area contributed by atoms with E-state index in [1.54, 1.807) is 17.1 Å². The number of nitrogens with zero attached hydrogens (tertiary/aromatic N) is 6. The van der Waals surface area contributed by atoms with Crippen LogP contribution in [-0.4, -0.2) is 48.6 Å². The van der Waals surface area contributed by atoms with Crippen LogP contribution in [0.2, 0.25) is 10.0 Å². The summed E-state index contributed by atoms with van der Waals surface area (Å²) in [5.74, 6) is 0.419. The number of halogens is 3. The number of aromatic amines is 1. The number of pyridine rings is 2. The van der Waals surface area contributed by atoms with Crippen LogP contribution in [0, 0.1) is 5.82 Å². The average molecular weight is 567 g/mol. The number of rotatable bonds is 7. The molecule has 200 valence electrons. The third-order valence-corrected chi connectivity index (χ3v) is 7.61. The van der Waals surface area contributed by atoms with E-state index in [-0.39, 0.29) is 5.82 Å². The van der Waals surface area contributed by atoms with Gasteiger partial charge in [-0.1, -0.05) is 23.2 Å². The van der Waals surface area contributed by atoms with Crippen LogP contribution < -0.4 is 15.4 Å². The summed E-state index contributed by atoms with van der Waals surface area (Å²) in [6.45, 7) is 2.85. The number of benzene rings is 1. The van der Waals surface area contributed by atoms with E-state index in [0.717, 1.165) is 16.6 Å². The Hall–Kier alpha value is -3.73. The van der Waals surface area contributed by atoms with Gasteiger partial charge in [0, 0.05) is 73.6 Å². The van der Waals surface area contributed by atoms with Gasteiger partial charge in [0.25, 0.3) is 0 Å². The first-order valence-corrected chi connectivity index (χ1v) is 13.1. The highest BCUT2D eigenvalue weighted by molar-refractivity contribution is 6.35. The van der Waals surface area contributed by atoms with Crippen molar-refractivity contribution < 1.29 is 9.13 Å². The molecule has 0 bridgehead atoms. The fraction of sp³-hybridized carbons (Fsp3) is 0.259. The van der Waals surface area contributed by atoms with E-state index in [4.69, 9.17) is 33.7 Å². The molecule has 1 saturated heterocycles. The highest BCUT2D eigenvalue weighted by Crippen LogP contribution is 2.36. The minimum Gasteiger partial charge on any atom is -0.486 e. The van der Waals surface area contributed by atoms with Crippen molar-refractivity contribution in [1.82, 2.24) is 29.9 Å². The van der Waals surface area contributed by atoms with Crippen molar-refractivity contribution in [1.29, 1.82) is 0 Å². The molecule has 1 fully saturated rings. The second kappa shape index (κ2) is 9.78. The Morgan fingerprint density at radius 1 is 1.15 bits per heavy atom. The molecule has 1 aromatic carbocycles. The third-order valence-electron chi connectivity index (χ3n) is 7.01. The van der Waals surface area contributed by atoms with E-state index in [2.05, 4.69) is 25.3 Å². The molecule has 39 heavy (non-hydrogen) atoms. The predicted octanol–water partition coefficient (Wildman–Crippen LogP) is 5.10. The van der Waals surface area contributed by atoms with Gasteiger partial charge >= 0.3 is 0 Å². The molecule has 0 aliphatic carbocycles. The molecule has 0 unspecified atom stereocenters. The van der Waals surface area contributed by atoms with E-state index in [9.17, 15) is 0 Å². The van der Waals surface area contributed by atoms with Crippen LogP contribution in [0.4, 0.5) is 10.2 Å². The largest absolute Gasteiger partial charge is 0.486 e. The maximum atomic E-state index is 15.3. The molecule has 0 radical (unpaired) electrons. The third kappa shape index (κ3) is 4.80. The van der Waals surface area contributed by atoms with E-state index in [1.807, 2.05) is 43.1 Å². The van der Waals surface area contributed by atoms with Gasteiger partial charge in [-0.15, -0.1) is 0 Å². The summed E-state index contributed by atoms with van der Waals surface area (Å²) in [6, 6.07) is 8.91. The first-order chi connectivity index (χ1) is 18.7. The summed E-state index contributed by atoms with van der Waals surface area (Å²) >= 11 is 12.6. The Morgan fingerprint density at radius 2 is 1.92 bits per heavy atom. The molecule has 1 aliphatic heterocycles. The fourth-order valence-corrected chi connectivity index (χ4v) is 5.73. The van der Waals surface area contributed by atoms with Gasteiger partial charge in [0.2, 0.25) is 0 Å². The molecule has 5 heterocycles. The number of ether oxygens (including phenoxy) is 1. The van der Waals surface area contributed by atoms with Crippen molar-refractivity contribution in [2.24, 2.45) is 12.8 Å². The van der Waals surface area contributed by atoms with Gasteiger partial charge in [0.05, 0.1) is 21.1 Å². The van der Waals surface area contributed by atoms with Gasteiger partial charge in [0.15, 0.2) is 11.6 Å². The van der Waals surface area contributed by atoms with Crippen LogP contribution in [-0.2, 0) is 13.5 Å². The highest BCUT2D eigenvalue weighted by Gasteiger charge is 2.41. The summed E-state index contributed by atoms with van der Waals surface area (Å²) in [4.78, 5) is 10.3. The van der Waals surface area contributed by atoms with Crippen LogP contribution >= 0.6 is 23.2 Å². The highest BCUT2D eigenvalue weighted by atomic mass is 35.5. The van der Waals surface area contributed by atoms with Crippen LogP contribution in [0.25, 0.3) is 22.2 Å². The first kappa shape index (κ1) is 25.5. The summed E-state index contributed by atoms with van der Waals surface area (Å²) in [6.07, 6.45) is 6.65. The smallest absolute Gasteiger partial charge is 0.166 e. The lowest BCUT2D eigenvalue weighted by Crippen LogP contribution is -2.69. The van der Waals surface area contributed by atoms with Gasteiger partial charge in [-0.2, -0.15) is 10.2 Å². The number of hydrogen-bond donors (Lipinski definition) is 2. The van der Waals surface area contributed by atoms with Crippen LogP contribution in [0.5, 0.6) is 5.75 Å². The molecule has 0 amide bonds. The van der Waals surface area contributed by atoms with Gasteiger partial charge < -0.3 is 15.4 Å². The van der Waals surface area contributed by atoms with E-state index in [0.29, 0.717) is 52.1 Å². The Labute approximate surface area is 233 Å².